The van der Waals surface area contributed by atoms with Crippen molar-refractivity contribution in [1.82, 2.24) is 9.80 Å². The minimum atomic E-state index is -0.348. The Labute approximate surface area is 215 Å². The van der Waals surface area contributed by atoms with E-state index < -0.39 is 0 Å². The Balaban J connectivity index is 1.57. The first-order valence-corrected chi connectivity index (χ1v) is 12.4. The number of carbonyl (C=O) groups is 3. The first-order valence-electron chi connectivity index (χ1n) is 12.0. The molecule has 1 N–H and O–H groups in total. The van der Waals surface area contributed by atoms with Crippen molar-refractivity contribution in [3.8, 4) is 0 Å². The van der Waals surface area contributed by atoms with Gasteiger partial charge in [-0.25, -0.2) is 0 Å². The quantitative estimate of drug-likeness (QED) is 0.503. The molecule has 0 saturated carbocycles. The van der Waals surface area contributed by atoms with Gasteiger partial charge in [0, 0.05) is 50.6 Å². The lowest BCUT2D eigenvalue weighted by Crippen LogP contribution is -2.49. The lowest BCUT2D eigenvalue weighted by molar-refractivity contribution is 0.0711. The maximum atomic E-state index is 13.4. The third kappa shape index (κ3) is 5.39. The van der Waals surface area contributed by atoms with Crippen molar-refractivity contribution >= 4 is 40.7 Å². The highest BCUT2D eigenvalue weighted by Crippen LogP contribution is 2.28. The van der Waals surface area contributed by atoms with E-state index in [1.807, 2.05) is 19.9 Å². The number of nitrogens with zero attached hydrogens (tertiary/aromatic N) is 3. The summed E-state index contributed by atoms with van der Waals surface area (Å²) in [7, 11) is 0. The molecule has 36 heavy (non-hydrogen) atoms. The van der Waals surface area contributed by atoms with Gasteiger partial charge in [0.1, 0.15) is 0 Å². The van der Waals surface area contributed by atoms with E-state index in [1.54, 1.807) is 58.3 Å². The van der Waals surface area contributed by atoms with Crippen LogP contribution in [0.1, 0.15) is 45.1 Å². The second-order valence-electron chi connectivity index (χ2n) is 8.40. The van der Waals surface area contributed by atoms with Gasteiger partial charge in [-0.05, 0) is 56.3 Å². The van der Waals surface area contributed by atoms with Gasteiger partial charge in [-0.3, -0.25) is 14.4 Å². The van der Waals surface area contributed by atoms with Crippen LogP contribution in [-0.2, 0) is 0 Å². The molecular weight excluding hydrogens is 480 g/mol. The van der Waals surface area contributed by atoms with Crippen LogP contribution in [0, 0.1) is 0 Å². The molecule has 1 saturated heterocycles. The van der Waals surface area contributed by atoms with Crippen LogP contribution < -0.4 is 10.2 Å². The topological polar surface area (TPSA) is 86.1 Å². The maximum absolute atomic E-state index is 13.4. The van der Waals surface area contributed by atoms with Crippen molar-refractivity contribution in [3.05, 3.63) is 82.8 Å². The zero-order valence-electron chi connectivity index (χ0n) is 20.4. The normalized spacial score (nSPS) is 13.4. The molecule has 3 amide bonds. The van der Waals surface area contributed by atoms with Gasteiger partial charge >= 0.3 is 0 Å². The predicted molar refractivity (Wildman–Crippen MR) is 140 cm³/mol. The number of amides is 3. The standard InChI is InChI=1S/C27H29ClN4O4/c1-3-30(4-2)26(34)21-18-19(29-25(33)20-8-5-6-9-22(20)28)11-12-23(21)31-13-15-32(16-14-31)27(35)24-10-7-17-36-24/h5-12,17-18H,3-4,13-16H2,1-2H3,(H,29,33). The summed E-state index contributed by atoms with van der Waals surface area (Å²) < 4.78 is 5.25. The first kappa shape index (κ1) is 25.3. The summed E-state index contributed by atoms with van der Waals surface area (Å²) in [6, 6.07) is 15.5. The van der Waals surface area contributed by atoms with E-state index in [1.165, 1.54) is 6.26 Å². The molecule has 3 aromatic rings. The summed E-state index contributed by atoms with van der Waals surface area (Å²) in [6.07, 6.45) is 1.49. The Morgan fingerprint density at radius 3 is 2.31 bits per heavy atom. The number of piperazine rings is 1. The average molecular weight is 509 g/mol. The summed E-state index contributed by atoms with van der Waals surface area (Å²) >= 11 is 6.18. The van der Waals surface area contributed by atoms with Gasteiger partial charge in [0.15, 0.2) is 5.76 Å². The van der Waals surface area contributed by atoms with Gasteiger partial charge in [-0.2, -0.15) is 0 Å². The molecule has 1 aliphatic rings. The molecular formula is C27H29ClN4O4. The fourth-order valence-corrected chi connectivity index (χ4v) is 4.51. The van der Waals surface area contributed by atoms with Crippen LogP contribution in [0.25, 0.3) is 0 Å². The lowest BCUT2D eigenvalue weighted by atomic mass is 10.1. The van der Waals surface area contributed by atoms with E-state index in [4.69, 9.17) is 16.0 Å². The van der Waals surface area contributed by atoms with Gasteiger partial charge < -0.3 is 24.4 Å². The van der Waals surface area contributed by atoms with Crippen LogP contribution in [0.4, 0.5) is 11.4 Å². The molecule has 9 heteroatoms. The molecule has 188 valence electrons. The molecule has 2 heterocycles. The van der Waals surface area contributed by atoms with E-state index in [0.717, 1.165) is 5.69 Å². The fraction of sp³-hybridized carbons (Fsp3) is 0.296. The number of nitrogens with one attached hydrogen (secondary N) is 1. The highest BCUT2D eigenvalue weighted by molar-refractivity contribution is 6.34. The van der Waals surface area contributed by atoms with E-state index in [-0.39, 0.29) is 17.7 Å². The molecule has 1 aliphatic heterocycles. The minimum Gasteiger partial charge on any atom is -0.459 e. The van der Waals surface area contributed by atoms with Crippen LogP contribution in [0.3, 0.4) is 0 Å². The molecule has 0 spiro atoms. The van der Waals surface area contributed by atoms with Crippen molar-refractivity contribution in [1.29, 1.82) is 0 Å². The molecule has 0 unspecified atom stereocenters. The summed E-state index contributed by atoms with van der Waals surface area (Å²) in [5, 5.41) is 3.22. The number of halogens is 1. The SMILES string of the molecule is CCN(CC)C(=O)c1cc(NC(=O)c2ccccc2Cl)ccc1N1CCN(C(=O)c2ccco2)CC1. The molecule has 0 atom stereocenters. The zero-order valence-corrected chi connectivity index (χ0v) is 21.1. The summed E-state index contributed by atoms with van der Waals surface area (Å²) in [5.41, 5.74) is 2.14. The third-order valence-electron chi connectivity index (χ3n) is 6.29. The molecule has 0 radical (unpaired) electrons. The molecule has 8 nitrogen and oxygen atoms in total. The zero-order chi connectivity index (χ0) is 25.7. The summed E-state index contributed by atoms with van der Waals surface area (Å²) in [6.45, 7) is 7.14. The Kier molecular flexibility index (Phi) is 7.95. The molecule has 1 aromatic heterocycles. The molecule has 0 bridgehead atoms. The van der Waals surface area contributed by atoms with E-state index in [0.29, 0.717) is 66.9 Å². The second-order valence-corrected chi connectivity index (χ2v) is 8.81. The Hall–Kier alpha value is -3.78. The Morgan fingerprint density at radius 2 is 1.67 bits per heavy atom. The first-order chi connectivity index (χ1) is 17.4. The van der Waals surface area contributed by atoms with Gasteiger partial charge in [0.05, 0.1) is 22.4 Å². The number of benzene rings is 2. The highest BCUT2D eigenvalue weighted by Gasteiger charge is 2.27. The van der Waals surface area contributed by atoms with E-state index in [9.17, 15) is 14.4 Å². The number of hydrogen-bond acceptors (Lipinski definition) is 5. The third-order valence-corrected chi connectivity index (χ3v) is 6.62. The van der Waals surface area contributed by atoms with Gasteiger partial charge in [-0.15, -0.1) is 0 Å². The number of carbonyl (C=O) groups excluding carboxylic acids is 3. The molecule has 2 aromatic carbocycles. The minimum absolute atomic E-state index is 0.113. The summed E-state index contributed by atoms with van der Waals surface area (Å²) in [5.74, 6) is -0.284. The fourth-order valence-electron chi connectivity index (χ4n) is 4.29. The van der Waals surface area contributed by atoms with Gasteiger partial charge in [-0.1, -0.05) is 23.7 Å². The predicted octanol–water partition coefficient (Wildman–Crippen LogP) is 4.63. The van der Waals surface area contributed by atoms with Crippen molar-refractivity contribution in [2.75, 3.05) is 49.5 Å². The highest BCUT2D eigenvalue weighted by atomic mass is 35.5. The van der Waals surface area contributed by atoms with Crippen molar-refractivity contribution in [3.63, 3.8) is 0 Å². The number of furan rings is 1. The van der Waals surface area contributed by atoms with Gasteiger partial charge in [0.25, 0.3) is 17.7 Å². The molecule has 1 fully saturated rings. The van der Waals surface area contributed by atoms with Gasteiger partial charge in [0.2, 0.25) is 0 Å². The average Bonchev–Trinajstić information content (AvgIpc) is 3.44. The second kappa shape index (κ2) is 11.3. The van der Waals surface area contributed by atoms with E-state index in [2.05, 4.69) is 10.2 Å². The Bertz CT molecular complexity index is 1230. The number of hydrogen-bond donors (Lipinski definition) is 1. The number of anilines is 2. The van der Waals surface area contributed by atoms with Crippen molar-refractivity contribution < 1.29 is 18.8 Å². The van der Waals surface area contributed by atoms with Crippen LogP contribution in [0.15, 0.2) is 65.3 Å². The van der Waals surface area contributed by atoms with Crippen molar-refractivity contribution in [2.24, 2.45) is 0 Å². The Morgan fingerprint density at radius 1 is 0.944 bits per heavy atom. The van der Waals surface area contributed by atoms with Crippen LogP contribution >= 0.6 is 11.6 Å². The van der Waals surface area contributed by atoms with Crippen molar-refractivity contribution in [2.45, 2.75) is 13.8 Å². The van der Waals surface area contributed by atoms with Crippen LogP contribution in [0.2, 0.25) is 5.02 Å². The number of rotatable bonds is 7. The molecule has 4 rings (SSSR count). The lowest BCUT2D eigenvalue weighted by Gasteiger charge is -2.37. The monoisotopic (exact) mass is 508 g/mol. The van der Waals surface area contributed by atoms with E-state index >= 15 is 0 Å². The van der Waals surface area contributed by atoms with Crippen LogP contribution in [-0.4, -0.2) is 66.8 Å². The molecule has 0 aliphatic carbocycles. The summed E-state index contributed by atoms with van der Waals surface area (Å²) in [4.78, 5) is 44.5. The smallest absolute Gasteiger partial charge is 0.289 e. The van der Waals surface area contributed by atoms with Crippen LogP contribution in [0.5, 0.6) is 0 Å². The largest absolute Gasteiger partial charge is 0.459 e. The maximum Gasteiger partial charge on any atom is 0.289 e.